The number of aromatic nitrogens is 2. The van der Waals surface area contributed by atoms with Crippen molar-refractivity contribution < 1.29 is 9.90 Å². The number of unbranched alkanes of at least 4 members (excludes halogenated alkanes) is 2. The summed E-state index contributed by atoms with van der Waals surface area (Å²) in [5, 5.41) is 22.0. The highest BCUT2D eigenvalue weighted by Crippen LogP contribution is 2.25. The number of fused-ring (bicyclic) bond motifs is 1. The predicted molar refractivity (Wildman–Crippen MR) is 79.1 cm³/mol. The standard InChI is InChI=1S/C14H16ClN3O2/c15-13-10-6-3-4-7-11(10)14(18-17-13)16-9-5-1-2-8-12(19)20/h3-4,6-7H,1-2,5,8-9H2,(H,16,18)(H,19,20). The third-order valence-corrected chi connectivity index (χ3v) is 3.28. The number of rotatable bonds is 7. The average molecular weight is 294 g/mol. The van der Waals surface area contributed by atoms with Gasteiger partial charge in [0.2, 0.25) is 0 Å². The number of benzene rings is 1. The van der Waals surface area contributed by atoms with Gasteiger partial charge in [0.1, 0.15) is 0 Å². The van der Waals surface area contributed by atoms with Gasteiger partial charge in [-0.2, -0.15) is 0 Å². The van der Waals surface area contributed by atoms with Crippen LogP contribution < -0.4 is 5.32 Å². The van der Waals surface area contributed by atoms with Crippen molar-refractivity contribution in [1.82, 2.24) is 10.2 Å². The summed E-state index contributed by atoms with van der Waals surface area (Å²) in [4.78, 5) is 10.4. The Hall–Kier alpha value is -1.88. The number of aliphatic carboxylic acids is 1. The van der Waals surface area contributed by atoms with Gasteiger partial charge in [-0.15, -0.1) is 10.2 Å². The van der Waals surface area contributed by atoms with Crippen LogP contribution in [0.1, 0.15) is 25.7 Å². The van der Waals surface area contributed by atoms with Crippen LogP contribution in [-0.2, 0) is 4.79 Å². The molecule has 1 aromatic carbocycles. The first-order chi connectivity index (χ1) is 9.68. The monoisotopic (exact) mass is 293 g/mol. The molecule has 0 radical (unpaired) electrons. The second-order valence-corrected chi connectivity index (χ2v) is 4.87. The van der Waals surface area contributed by atoms with E-state index in [9.17, 15) is 4.79 Å². The van der Waals surface area contributed by atoms with E-state index < -0.39 is 5.97 Å². The lowest BCUT2D eigenvalue weighted by Gasteiger charge is -2.08. The SMILES string of the molecule is O=C(O)CCCCCNc1nnc(Cl)c2ccccc12. The lowest BCUT2D eigenvalue weighted by molar-refractivity contribution is -0.137. The molecular weight excluding hydrogens is 278 g/mol. The van der Waals surface area contributed by atoms with Crippen molar-refractivity contribution in [2.45, 2.75) is 25.7 Å². The maximum Gasteiger partial charge on any atom is 0.303 e. The van der Waals surface area contributed by atoms with Gasteiger partial charge in [-0.05, 0) is 12.8 Å². The minimum atomic E-state index is -0.743. The van der Waals surface area contributed by atoms with Gasteiger partial charge in [-0.3, -0.25) is 4.79 Å². The molecule has 0 aliphatic rings. The molecular formula is C14H16ClN3O2. The highest BCUT2D eigenvalue weighted by molar-refractivity contribution is 6.34. The smallest absolute Gasteiger partial charge is 0.303 e. The Kier molecular flexibility index (Phi) is 5.12. The molecule has 0 unspecified atom stereocenters. The van der Waals surface area contributed by atoms with E-state index in [1.54, 1.807) is 0 Å². The Bertz CT molecular complexity index is 604. The van der Waals surface area contributed by atoms with Gasteiger partial charge < -0.3 is 10.4 Å². The minimum absolute atomic E-state index is 0.226. The van der Waals surface area contributed by atoms with Crippen molar-refractivity contribution in [2.75, 3.05) is 11.9 Å². The van der Waals surface area contributed by atoms with Gasteiger partial charge in [-0.1, -0.05) is 42.3 Å². The quantitative estimate of drug-likeness (QED) is 0.766. The van der Waals surface area contributed by atoms with Crippen LogP contribution in [0.3, 0.4) is 0 Å². The normalized spacial score (nSPS) is 10.7. The van der Waals surface area contributed by atoms with Crippen LogP contribution in [0.2, 0.25) is 5.15 Å². The summed E-state index contributed by atoms with van der Waals surface area (Å²) < 4.78 is 0. The number of carboxylic acid groups (broad SMARTS) is 1. The molecule has 0 atom stereocenters. The Balaban J connectivity index is 1.90. The van der Waals surface area contributed by atoms with Crippen LogP contribution in [0.5, 0.6) is 0 Å². The Labute approximate surface area is 122 Å². The number of nitrogens with one attached hydrogen (secondary N) is 1. The van der Waals surface area contributed by atoms with Crippen molar-refractivity contribution in [3.63, 3.8) is 0 Å². The molecule has 2 rings (SSSR count). The summed E-state index contributed by atoms with van der Waals surface area (Å²) in [6.07, 6.45) is 2.69. The van der Waals surface area contributed by atoms with Gasteiger partial charge in [0, 0.05) is 23.7 Å². The largest absolute Gasteiger partial charge is 0.481 e. The van der Waals surface area contributed by atoms with Crippen molar-refractivity contribution in [2.24, 2.45) is 0 Å². The first kappa shape index (κ1) is 14.5. The molecule has 1 heterocycles. The molecule has 0 saturated heterocycles. The number of carboxylic acids is 1. The summed E-state index contributed by atoms with van der Waals surface area (Å²) in [7, 11) is 0. The van der Waals surface area contributed by atoms with Gasteiger partial charge in [0.25, 0.3) is 0 Å². The van der Waals surface area contributed by atoms with E-state index in [-0.39, 0.29) is 6.42 Å². The number of hydrogen-bond donors (Lipinski definition) is 2. The van der Waals surface area contributed by atoms with E-state index in [0.717, 1.165) is 30.2 Å². The van der Waals surface area contributed by atoms with Crippen molar-refractivity contribution in [3.05, 3.63) is 29.4 Å². The van der Waals surface area contributed by atoms with Crippen LogP contribution in [0.4, 0.5) is 5.82 Å². The van der Waals surface area contributed by atoms with E-state index in [0.29, 0.717) is 17.4 Å². The molecule has 0 fully saturated rings. The molecule has 0 amide bonds. The first-order valence-corrected chi connectivity index (χ1v) is 6.93. The summed E-state index contributed by atoms with van der Waals surface area (Å²) in [6, 6.07) is 7.69. The van der Waals surface area contributed by atoms with Crippen LogP contribution in [0, 0.1) is 0 Å². The maximum atomic E-state index is 10.4. The third kappa shape index (κ3) is 3.81. The number of halogens is 1. The second kappa shape index (κ2) is 7.05. The topological polar surface area (TPSA) is 75.1 Å². The zero-order valence-electron chi connectivity index (χ0n) is 11.0. The van der Waals surface area contributed by atoms with Gasteiger partial charge >= 0.3 is 5.97 Å². The van der Waals surface area contributed by atoms with Gasteiger partial charge in [0.05, 0.1) is 0 Å². The van der Waals surface area contributed by atoms with Crippen molar-refractivity contribution in [1.29, 1.82) is 0 Å². The van der Waals surface area contributed by atoms with Gasteiger partial charge in [-0.25, -0.2) is 0 Å². The van der Waals surface area contributed by atoms with E-state index in [4.69, 9.17) is 16.7 Å². The molecule has 2 N–H and O–H groups in total. The fraction of sp³-hybridized carbons (Fsp3) is 0.357. The van der Waals surface area contributed by atoms with E-state index in [1.165, 1.54) is 0 Å². The van der Waals surface area contributed by atoms with Crippen LogP contribution in [-0.4, -0.2) is 27.8 Å². The highest BCUT2D eigenvalue weighted by atomic mass is 35.5. The fourth-order valence-corrected chi connectivity index (χ4v) is 2.19. The van der Waals surface area contributed by atoms with E-state index >= 15 is 0 Å². The second-order valence-electron chi connectivity index (χ2n) is 4.52. The molecule has 6 heteroatoms. The molecule has 0 aliphatic heterocycles. The highest BCUT2D eigenvalue weighted by Gasteiger charge is 2.06. The number of anilines is 1. The summed E-state index contributed by atoms with van der Waals surface area (Å²) >= 11 is 6.00. The Morgan fingerprint density at radius 2 is 1.90 bits per heavy atom. The lowest BCUT2D eigenvalue weighted by Crippen LogP contribution is -2.05. The zero-order chi connectivity index (χ0) is 14.4. The minimum Gasteiger partial charge on any atom is -0.481 e. The predicted octanol–water partition coefficient (Wildman–Crippen LogP) is 3.34. The van der Waals surface area contributed by atoms with Crippen LogP contribution in [0.25, 0.3) is 10.8 Å². The molecule has 1 aromatic heterocycles. The number of nitrogens with zero attached hydrogens (tertiary/aromatic N) is 2. The molecule has 0 aliphatic carbocycles. The number of hydrogen-bond acceptors (Lipinski definition) is 4. The van der Waals surface area contributed by atoms with Gasteiger partial charge in [0.15, 0.2) is 11.0 Å². The number of carbonyl (C=O) groups is 1. The lowest BCUT2D eigenvalue weighted by atomic mass is 10.2. The molecule has 0 bridgehead atoms. The summed E-state index contributed by atoms with van der Waals surface area (Å²) in [5.74, 6) is -0.0317. The molecule has 0 saturated carbocycles. The average Bonchev–Trinajstić information content (AvgIpc) is 2.45. The Morgan fingerprint density at radius 1 is 1.15 bits per heavy atom. The fourth-order valence-electron chi connectivity index (χ4n) is 1.99. The van der Waals surface area contributed by atoms with Crippen LogP contribution >= 0.6 is 11.6 Å². The van der Waals surface area contributed by atoms with Crippen molar-refractivity contribution >= 4 is 34.2 Å². The summed E-state index contributed by atoms with van der Waals surface area (Å²) in [5.41, 5.74) is 0. The molecule has 0 spiro atoms. The molecule has 5 nitrogen and oxygen atoms in total. The third-order valence-electron chi connectivity index (χ3n) is 3.00. The van der Waals surface area contributed by atoms with E-state index in [2.05, 4.69) is 15.5 Å². The Morgan fingerprint density at radius 3 is 2.65 bits per heavy atom. The molecule has 2 aromatic rings. The molecule has 106 valence electrons. The summed E-state index contributed by atoms with van der Waals surface area (Å²) in [6.45, 7) is 0.736. The molecule has 20 heavy (non-hydrogen) atoms. The van der Waals surface area contributed by atoms with Crippen LogP contribution in [0.15, 0.2) is 24.3 Å². The zero-order valence-corrected chi connectivity index (χ0v) is 11.7. The first-order valence-electron chi connectivity index (χ1n) is 6.55. The van der Waals surface area contributed by atoms with Crippen molar-refractivity contribution in [3.8, 4) is 0 Å². The van der Waals surface area contributed by atoms with E-state index in [1.807, 2.05) is 24.3 Å². The maximum absolute atomic E-state index is 10.4.